The van der Waals surface area contributed by atoms with Crippen LogP contribution in [0.4, 0.5) is 9.59 Å². The van der Waals surface area contributed by atoms with Crippen molar-refractivity contribution in [1.29, 1.82) is 0 Å². The van der Waals surface area contributed by atoms with Crippen molar-refractivity contribution in [2.24, 2.45) is 0 Å². The van der Waals surface area contributed by atoms with E-state index in [0.717, 1.165) is 11.1 Å². The van der Waals surface area contributed by atoms with Crippen molar-refractivity contribution < 1.29 is 19.1 Å². The van der Waals surface area contributed by atoms with E-state index in [1.165, 1.54) is 22.3 Å². The molecule has 3 aromatic carbocycles. The van der Waals surface area contributed by atoms with E-state index in [1.54, 1.807) is 0 Å². The molecule has 0 atom stereocenters. The molecule has 186 valence electrons. The molecule has 0 aromatic heterocycles. The van der Waals surface area contributed by atoms with Crippen LogP contribution < -0.4 is 10.6 Å². The summed E-state index contributed by atoms with van der Waals surface area (Å²) in [5.74, 6) is 0.0377. The Bertz CT molecular complexity index is 1210. The van der Waals surface area contributed by atoms with Crippen LogP contribution in [0.3, 0.4) is 0 Å². The molecule has 6 nitrogen and oxygen atoms in total. The molecule has 2 amide bonds. The predicted molar refractivity (Wildman–Crippen MR) is 142 cm³/mol. The van der Waals surface area contributed by atoms with Crippen molar-refractivity contribution in [1.82, 2.24) is 10.6 Å². The van der Waals surface area contributed by atoms with Crippen molar-refractivity contribution in [2.45, 2.75) is 38.8 Å². The number of ether oxygens (including phenoxy) is 2. The van der Waals surface area contributed by atoms with Crippen LogP contribution in [0, 0.1) is 0 Å². The number of carbonyl (C=O) groups excluding carboxylic acids is 2. The highest BCUT2D eigenvalue weighted by Gasteiger charge is 2.28. The second-order valence-electron chi connectivity index (χ2n) is 9.71. The van der Waals surface area contributed by atoms with Gasteiger partial charge < -0.3 is 20.1 Å². The zero-order valence-electron chi connectivity index (χ0n) is 20.9. The monoisotopic (exact) mass is 484 g/mol. The summed E-state index contributed by atoms with van der Waals surface area (Å²) in [6.07, 6.45) is 2.88. The van der Waals surface area contributed by atoms with Gasteiger partial charge in [-0.05, 0) is 60.2 Å². The van der Waals surface area contributed by atoms with E-state index >= 15 is 0 Å². The minimum absolute atomic E-state index is 0.0377. The van der Waals surface area contributed by atoms with Crippen LogP contribution in [0.1, 0.15) is 48.9 Å². The molecule has 1 aliphatic carbocycles. The summed E-state index contributed by atoms with van der Waals surface area (Å²) in [5, 5.41) is 5.54. The number of rotatable bonds is 7. The summed E-state index contributed by atoms with van der Waals surface area (Å²) in [4.78, 5) is 24.2. The van der Waals surface area contributed by atoms with Crippen LogP contribution in [0.15, 0.2) is 78.9 Å². The van der Waals surface area contributed by atoms with Crippen LogP contribution in [-0.2, 0) is 16.0 Å². The maximum absolute atomic E-state index is 12.3. The zero-order valence-corrected chi connectivity index (χ0v) is 20.9. The third-order valence-electron chi connectivity index (χ3n) is 5.81. The lowest BCUT2D eigenvalue weighted by Crippen LogP contribution is -2.32. The lowest BCUT2D eigenvalue weighted by Gasteiger charge is -2.19. The van der Waals surface area contributed by atoms with E-state index < -0.39 is 17.8 Å². The fourth-order valence-electron chi connectivity index (χ4n) is 4.28. The normalized spacial score (nSPS) is 12.6. The SMILES string of the molecule is CC(C)(C)OC(=O)NCc1cccc(C=CCNC(=O)OCC2c3ccccc3-c3ccccc32)c1. The molecule has 0 fully saturated rings. The van der Waals surface area contributed by atoms with Gasteiger partial charge in [-0.15, -0.1) is 0 Å². The molecule has 4 rings (SSSR count). The van der Waals surface area contributed by atoms with Gasteiger partial charge in [0.2, 0.25) is 0 Å². The lowest BCUT2D eigenvalue weighted by molar-refractivity contribution is 0.0523. The molecule has 0 bridgehead atoms. The Hall–Kier alpha value is -4.06. The summed E-state index contributed by atoms with van der Waals surface area (Å²) < 4.78 is 10.8. The van der Waals surface area contributed by atoms with Crippen LogP contribution in [-0.4, -0.2) is 30.9 Å². The molecular formula is C30H32N2O4. The summed E-state index contributed by atoms with van der Waals surface area (Å²) in [7, 11) is 0. The number of amides is 2. The van der Waals surface area contributed by atoms with Gasteiger partial charge in [0.05, 0.1) is 0 Å². The molecule has 0 heterocycles. The molecule has 3 aromatic rings. The number of carbonyl (C=O) groups is 2. The van der Waals surface area contributed by atoms with E-state index in [-0.39, 0.29) is 12.5 Å². The molecule has 0 saturated heterocycles. The zero-order chi connectivity index (χ0) is 25.5. The highest BCUT2D eigenvalue weighted by Crippen LogP contribution is 2.44. The van der Waals surface area contributed by atoms with Crippen LogP contribution in [0.25, 0.3) is 17.2 Å². The lowest BCUT2D eigenvalue weighted by atomic mass is 9.98. The van der Waals surface area contributed by atoms with Gasteiger partial charge in [0, 0.05) is 19.0 Å². The average molecular weight is 485 g/mol. The van der Waals surface area contributed by atoms with Crippen molar-refractivity contribution in [2.75, 3.05) is 13.2 Å². The molecule has 0 saturated carbocycles. The van der Waals surface area contributed by atoms with E-state index in [1.807, 2.05) is 81.5 Å². The number of alkyl carbamates (subject to hydrolysis) is 2. The molecule has 1 aliphatic rings. The first-order valence-corrected chi connectivity index (χ1v) is 12.1. The van der Waals surface area contributed by atoms with Gasteiger partial charge in [0.15, 0.2) is 0 Å². The summed E-state index contributed by atoms with van der Waals surface area (Å²) >= 11 is 0. The first-order chi connectivity index (χ1) is 17.3. The molecule has 6 heteroatoms. The second-order valence-corrected chi connectivity index (χ2v) is 9.71. The molecule has 0 aliphatic heterocycles. The Morgan fingerprint density at radius 2 is 1.53 bits per heavy atom. The van der Waals surface area contributed by atoms with Crippen LogP contribution in [0.2, 0.25) is 0 Å². The van der Waals surface area contributed by atoms with Crippen LogP contribution in [0.5, 0.6) is 0 Å². The maximum Gasteiger partial charge on any atom is 0.407 e. The average Bonchev–Trinajstić information content (AvgIpc) is 3.17. The fourth-order valence-corrected chi connectivity index (χ4v) is 4.28. The molecule has 0 spiro atoms. The molecule has 0 radical (unpaired) electrons. The predicted octanol–water partition coefficient (Wildman–Crippen LogP) is 6.26. The minimum atomic E-state index is -0.533. The highest BCUT2D eigenvalue weighted by molar-refractivity contribution is 5.79. The highest BCUT2D eigenvalue weighted by atomic mass is 16.6. The molecule has 36 heavy (non-hydrogen) atoms. The third-order valence-corrected chi connectivity index (χ3v) is 5.81. The topological polar surface area (TPSA) is 76.7 Å². The van der Waals surface area contributed by atoms with Gasteiger partial charge >= 0.3 is 12.2 Å². The van der Waals surface area contributed by atoms with Gasteiger partial charge in [-0.1, -0.05) is 78.9 Å². The third kappa shape index (κ3) is 6.54. The number of hydrogen-bond donors (Lipinski definition) is 2. The van der Waals surface area contributed by atoms with E-state index in [4.69, 9.17) is 9.47 Å². The van der Waals surface area contributed by atoms with Crippen molar-refractivity contribution in [3.63, 3.8) is 0 Å². The first kappa shape index (κ1) is 25.0. The number of hydrogen-bond acceptors (Lipinski definition) is 4. The Balaban J connectivity index is 1.24. The molecule has 0 unspecified atom stereocenters. The number of nitrogens with one attached hydrogen (secondary N) is 2. The summed E-state index contributed by atoms with van der Waals surface area (Å²) in [5.41, 5.74) is 6.16. The van der Waals surface area contributed by atoms with E-state index in [9.17, 15) is 9.59 Å². The second kappa shape index (κ2) is 11.1. The molecule has 2 N–H and O–H groups in total. The molecular weight excluding hydrogens is 452 g/mol. The largest absolute Gasteiger partial charge is 0.449 e. The van der Waals surface area contributed by atoms with E-state index in [2.05, 4.69) is 34.9 Å². The van der Waals surface area contributed by atoms with Gasteiger partial charge in [-0.2, -0.15) is 0 Å². The van der Waals surface area contributed by atoms with Gasteiger partial charge in [0.25, 0.3) is 0 Å². The number of fused-ring (bicyclic) bond motifs is 3. The first-order valence-electron chi connectivity index (χ1n) is 12.1. The Morgan fingerprint density at radius 1 is 0.861 bits per heavy atom. The van der Waals surface area contributed by atoms with Crippen molar-refractivity contribution in [3.8, 4) is 11.1 Å². The Morgan fingerprint density at radius 3 is 2.19 bits per heavy atom. The Labute approximate surface area is 212 Å². The van der Waals surface area contributed by atoms with Gasteiger partial charge in [0.1, 0.15) is 12.2 Å². The fraction of sp³-hybridized carbons (Fsp3) is 0.267. The standard InChI is InChI=1S/C30H32N2O4/c1-30(2,3)36-29(34)32-19-22-11-8-10-21(18-22)12-9-17-31-28(33)35-20-27-25-15-6-4-13-23(25)24-14-5-7-16-26(24)27/h4-16,18,27H,17,19-20H2,1-3H3,(H,31,33)(H,32,34). The van der Waals surface area contributed by atoms with Gasteiger partial charge in [-0.25, -0.2) is 9.59 Å². The minimum Gasteiger partial charge on any atom is -0.449 e. The maximum atomic E-state index is 12.3. The summed E-state index contributed by atoms with van der Waals surface area (Å²) in [6, 6.07) is 24.3. The summed E-state index contributed by atoms with van der Waals surface area (Å²) in [6.45, 7) is 6.49. The van der Waals surface area contributed by atoms with E-state index in [0.29, 0.717) is 13.1 Å². The van der Waals surface area contributed by atoms with Crippen molar-refractivity contribution in [3.05, 3.63) is 101 Å². The number of benzene rings is 3. The quantitative estimate of drug-likeness (QED) is 0.415. The smallest absolute Gasteiger partial charge is 0.407 e. The van der Waals surface area contributed by atoms with Crippen LogP contribution >= 0.6 is 0 Å². The van der Waals surface area contributed by atoms with Crippen molar-refractivity contribution >= 4 is 18.3 Å². The van der Waals surface area contributed by atoms with Gasteiger partial charge in [-0.3, -0.25) is 0 Å². The Kier molecular flexibility index (Phi) is 7.74.